The average molecular weight is 471 g/mol. The lowest BCUT2D eigenvalue weighted by atomic mass is 10.0. The summed E-state index contributed by atoms with van der Waals surface area (Å²) in [5.74, 6) is -0.250. The standard InChI is InChI=1S/C27H30N6O2/c1-18-12-13-20(15-23(18)30-26(34)24-16-28-25-11-7-8-14-33(24)25)19(2)29-27(35)31-22-10-6-5-9-21(22)17-32(3)4/h5-16,19H,17H2,1-4H3,(H,30,34)(H2,29,31,35)/t19-/m0/s1. The Morgan fingerprint density at radius 3 is 2.57 bits per heavy atom. The molecule has 4 aromatic rings. The zero-order chi connectivity index (χ0) is 24.9. The minimum atomic E-state index is -0.291. The van der Waals surface area contributed by atoms with Crippen LogP contribution in [0.15, 0.2) is 73.1 Å². The van der Waals surface area contributed by atoms with Gasteiger partial charge in [0.25, 0.3) is 5.91 Å². The molecule has 8 nitrogen and oxygen atoms in total. The van der Waals surface area contributed by atoms with Gasteiger partial charge < -0.3 is 20.9 Å². The number of imidazole rings is 1. The van der Waals surface area contributed by atoms with Crippen LogP contribution in [0.2, 0.25) is 0 Å². The first-order valence-electron chi connectivity index (χ1n) is 11.5. The molecular formula is C27H30N6O2. The second-order valence-corrected chi connectivity index (χ2v) is 8.82. The molecule has 0 saturated heterocycles. The van der Waals surface area contributed by atoms with Crippen LogP contribution in [0.1, 0.15) is 40.1 Å². The third-order valence-corrected chi connectivity index (χ3v) is 5.76. The van der Waals surface area contributed by atoms with Gasteiger partial charge in [-0.05, 0) is 68.9 Å². The number of nitrogens with one attached hydrogen (secondary N) is 3. The maximum Gasteiger partial charge on any atom is 0.319 e. The fraction of sp³-hybridized carbons (Fsp3) is 0.222. The summed E-state index contributed by atoms with van der Waals surface area (Å²) >= 11 is 0. The fourth-order valence-electron chi connectivity index (χ4n) is 3.89. The number of carbonyl (C=O) groups is 2. The minimum absolute atomic E-state index is 0.250. The maximum absolute atomic E-state index is 13.0. The lowest BCUT2D eigenvalue weighted by Gasteiger charge is -2.19. The van der Waals surface area contributed by atoms with Crippen molar-refractivity contribution < 1.29 is 9.59 Å². The molecule has 0 bridgehead atoms. The van der Waals surface area contributed by atoms with Crippen molar-refractivity contribution in [2.75, 3.05) is 24.7 Å². The Hall–Kier alpha value is -4.17. The van der Waals surface area contributed by atoms with Gasteiger partial charge in [0, 0.05) is 24.1 Å². The van der Waals surface area contributed by atoms with Crippen LogP contribution in [0.25, 0.3) is 5.65 Å². The van der Waals surface area contributed by atoms with E-state index in [1.165, 1.54) is 0 Å². The number of fused-ring (bicyclic) bond motifs is 1. The van der Waals surface area contributed by atoms with E-state index in [1.807, 2.05) is 94.8 Å². The molecule has 0 unspecified atom stereocenters. The van der Waals surface area contributed by atoms with E-state index in [1.54, 1.807) is 10.6 Å². The van der Waals surface area contributed by atoms with Crippen molar-refractivity contribution in [1.82, 2.24) is 19.6 Å². The Morgan fingerprint density at radius 2 is 1.77 bits per heavy atom. The number of pyridine rings is 1. The van der Waals surface area contributed by atoms with E-state index >= 15 is 0 Å². The highest BCUT2D eigenvalue weighted by atomic mass is 16.2. The lowest BCUT2D eigenvalue weighted by molar-refractivity contribution is 0.102. The van der Waals surface area contributed by atoms with Crippen molar-refractivity contribution in [3.8, 4) is 0 Å². The SMILES string of the molecule is Cc1ccc([C@H](C)NC(=O)Nc2ccccc2CN(C)C)cc1NC(=O)c1cnc2ccccn12. The van der Waals surface area contributed by atoms with E-state index in [2.05, 4.69) is 25.8 Å². The number of aryl methyl sites for hydroxylation is 1. The summed E-state index contributed by atoms with van der Waals surface area (Å²) in [6.07, 6.45) is 3.37. The Bertz CT molecular complexity index is 1360. The van der Waals surface area contributed by atoms with Crippen LogP contribution >= 0.6 is 0 Å². The van der Waals surface area contributed by atoms with E-state index in [9.17, 15) is 9.59 Å². The number of aromatic nitrogens is 2. The monoisotopic (exact) mass is 470 g/mol. The molecule has 2 heterocycles. The van der Waals surface area contributed by atoms with Gasteiger partial charge in [0.2, 0.25) is 0 Å². The second kappa shape index (κ2) is 10.4. The number of nitrogens with zero attached hydrogens (tertiary/aromatic N) is 3. The molecule has 35 heavy (non-hydrogen) atoms. The first kappa shape index (κ1) is 24.0. The predicted molar refractivity (Wildman–Crippen MR) is 139 cm³/mol. The Balaban J connectivity index is 1.45. The number of para-hydroxylation sites is 1. The van der Waals surface area contributed by atoms with Gasteiger partial charge in [-0.1, -0.05) is 36.4 Å². The van der Waals surface area contributed by atoms with Gasteiger partial charge in [-0.15, -0.1) is 0 Å². The smallest absolute Gasteiger partial charge is 0.319 e. The summed E-state index contributed by atoms with van der Waals surface area (Å²) in [5, 5.41) is 8.93. The number of anilines is 2. The molecule has 8 heteroatoms. The summed E-state index contributed by atoms with van der Waals surface area (Å²) in [5.41, 5.74) is 5.45. The second-order valence-electron chi connectivity index (χ2n) is 8.82. The number of amides is 3. The van der Waals surface area contributed by atoms with E-state index in [0.717, 1.165) is 28.9 Å². The quantitative estimate of drug-likeness (QED) is 0.361. The van der Waals surface area contributed by atoms with Gasteiger partial charge in [0.1, 0.15) is 11.3 Å². The predicted octanol–water partition coefficient (Wildman–Crippen LogP) is 4.84. The molecule has 2 aromatic carbocycles. The Labute approximate surface area is 205 Å². The molecule has 0 aliphatic rings. The van der Waals surface area contributed by atoms with Crippen LogP contribution < -0.4 is 16.0 Å². The zero-order valence-corrected chi connectivity index (χ0v) is 20.4. The molecule has 0 saturated carbocycles. The summed E-state index contributed by atoms with van der Waals surface area (Å²) in [6, 6.07) is 18.5. The Kier molecular flexibility index (Phi) is 7.12. The topological polar surface area (TPSA) is 90.8 Å². The highest BCUT2D eigenvalue weighted by Crippen LogP contribution is 2.23. The van der Waals surface area contributed by atoms with Crippen LogP contribution in [0, 0.1) is 6.92 Å². The van der Waals surface area contributed by atoms with E-state index in [4.69, 9.17) is 0 Å². The van der Waals surface area contributed by atoms with Crippen LogP contribution in [-0.2, 0) is 6.54 Å². The molecule has 0 spiro atoms. The molecule has 0 aliphatic carbocycles. The zero-order valence-electron chi connectivity index (χ0n) is 20.4. The first-order chi connectivity index (χ1) is 16.8. The number of benzene rings is 2. The third-order valence-electron chi connectivity index (χ3n) is 5.76. The van der Waals surface area contributed by atoms with Gasteiger partial charge in [0.15, 0.2) is 0 Å². The molecule has 0 radical (unpaired) electrons. The van der Waals surface area contributed by atoms with Crippen molar-refractivity contribution in [3.05, 3.63) is 95.4 Å². The number of hydrogen-bond acceptors (Lipinski definition) is 4. The van der Waals surface area contributed by atoms with Crippen LogP contribution in [0.5, 0.6) is 0 Å². The van der Waals surface area contributed by atoms with Crippen molar-refractivity contribution in [1.29, 1.82) is 0 Å². The van der Waals surface area contributed by atoms with Gasteiger partial charge in [-0.3, -0.25) is 9.20 Å². The summed E-state index contributed by atoms with van der Waals surface area (Å²) in [7, 11) is 3.98. The minimum Gasteiger partial charge on any atom is -0.331 e. The van der Waals surface area contributed by atoms with Gasteiger partial charge >= 0.3 is 6.03 Å². The van der Waals surface area contributed by atoms with E-state index in [-0.39, 0.29) is 18.0 Å². The normalized spacial score (nSPS) is 11.9. The van der Waals surface area contributed by atoms with Crippen LogP contribution in [0.3, 0.4) is 0 Å². The van der Waals surface area contributed by atoms with Crippen molar-refractivity contribution in [2.45, 2.75) is 26.4 Å². The summed E-state index contributed by atoms with van der Waals surface area (Å²) in [4.78, 5) is 32.0. The highest BCUT2D eigenvalue weighted by molar-refractivity contribution is 6.04. The molecule has 2 aromatic heterocycles. The molecule has 0 aliphatic heterocycles. The average Bonchev–Trinajstić information content (AvgIpc) is 3.25. The van der Waals surface area contributed by atoms with Crippen molar-refractivity contribution in [2.24, 2.45) is 0 Å². The van der Waals surface area contributed by atoms with E-state index in [0.29, 0.717) is 17.0 Å². The molecule has 3 N–H and O–H groups in total. The number of carbonyl (C=O) groups excluding carboxylic acids is 2. The molecule has 180 valence electrons. The van der Waals surface area contributed by atoms with Crippen LogP contribution in [0.4, 0.5) is 16.2 Å². The van der Waals surface area contributed by atoms with Crippen LogP contribution in [-0.4, -0.2) is 40.3 Å². The van der Waals surface area contributed by atoms with Gasteiger partial charge in [0.05, 0.1) is 12.2 Å². The number of hydrogen-bond donors (Lipinski definition) is 3. The molecule has 4 rings (SSSR count). The van der Waals surface area contributed by atoms with E-state index < -0.39 is 0 Å². The highest BCUT2D eigenvalue weighted by Gasteiger charge is 2.16. The first-order valence-corrected chi connectivity index (χ1v) is 11.5. The number of urea groups is 1. The molecule has 1 atom stereocenters. The lowest BCUT2D eigenvalue weighted by Crippen LogP contribution is -2.31. The van der Waals surface area contributed by atoms with Crippen molar-refractivity contribution in [3.63, 3.8) is 0 Å². The molecule has 3 amide bonds. The maximum atomic E-state index is 13.0. The largest absolute Gasteiger partial charge is 0.331 e. The van der Waals surface area contributed by atoms with Gasteiger partial charge in [-0.2, -0.15) is 0 Å². The fourth-order valence-corrected chi connectivity index (χ4v) is 3.89. The molecule has 0 fully saturated rings. The summed E-state index contributed by atoms with van der Waals surface area (Å²) in [6.45, 7) is 4.56. The molecular weight excluding hydrogens is 440 g/mol. The van der Waals surface area contributed by atoms with Crippen molar-refractivity contribution >= 4 is 29.0 Å². The van der Waals surface area contributed by atoms with Gasteiger partial charge in [-0.25, -0.2) is 9.78 Å². The Morgan fingerprint density at radius 1 is 1.00 bits per heavy atom. The summed E-state index contributed by atoms with van der Waals surface area (Å²) < 4.78 is 1.75. The third kappa shape index (κ3) is 5.67. The number of rotatable bonds is 7.